The summed E-state index contributed by atoms with van der Waals surface area (Å²) < 4.78 is 28.8. The van der Waals surface area contributed by atoms with E-state index in [0.29, 0.717) is 16.5 Å². The number of hydrogen-bond donors (Lipinski definition) is 1. The summed E-state index contributed by atoms with van der Waals surface area (Å²) in [7, 11) is -3.17. The molecular formula is C15H14ClNO3S. The molecule has 0 radical (unpaired) electrons. The van der Waals surface area contributed by atoms with Crippen LogP contribution < -0.4 is 10.1 Å². The van der Waals surface area contributed by atoms with E-state index in [9.17, 15) is 8.42 Å². The van der Waals surface area contributed by atoms with Crippen molar-refractivity contribution in [3.8, 4) is 5.75 Å². The molecule has 0 amide bonds. The Bertz CT molecular complexity index is 772. The number of rotatable bonds is 2. The summed E-state index contributed by atoms with van der Waals surface area (Å²) in [5, 5.41) is 3.92. The second-order valence-corrected chi connectivity index (χ2v) is 7.42. The zero-order valence-electron chi connectivity index (χ0n) is 11.3. The van der Waals surface area contributed by atoms with Gasteiger partial charge in [0.2, 0.25) is 0 Å². The highest BCUT2D eigenvalue weighted by Gasteiger charge is 2.21. The molecule has 0 aliphatic carbocycles. The van der Waals surface area contributed by atoms with E-state index in [2.05, 4.69) is 5.32 Å². The fraction of sp³-hybridized carbons (Fsp3) is 0.200. The summed E-state index contributed by atoms with van der Waals surface area (Å²) in [6.45, 7) is 0.603. The number of ether oxygens (including phenoxy) is 1. The Hall–Kier alpha value is -1.72. The molecule has 110 valence electrons. The zero-order chi connectivity index (χ0) is 15.0. The molecule has 0 saturated heterocycles. The van der Waals surface area contributed by atoms with E-state index in [1.165, 1.54) is 6.26 Å². The van der Waals surface area contributed by atoms with Crippen LogP contribution >= 0.6 is 11.6 Å². The van der Waals surface area contributed by atoms with Crippen LogP contribution in [0.15, 0.2) is 47.4 Å². The summed E-state index contributed by atoms with van der Waals surface area (Å²) in [4.78, 5) is 0.308. The van der Waals surface area contributed by atoms with Gasteiger partial charge in [0.05, 0.1) is 17.1 Å². The van der Waals surface area contributed by atoms with Crippen LogP contribution in [0, 0.1) is 0 Å². The van der Waals surface area contributed by atoms with Crippen LogP contribution in [0.5, 0.6) is 5.75 Å². The largest absolute Gasteiger partial charge is 0.482 e. The minimum absolute atomic E-state index is 0.160. The van der Waals surface area contributed by atoms with Crippen molar-refractivity contribution in [1.29, 1.82) is 0 Å². The van der Waals surface area contributed by atoms with Gasteiger partial charge in [0, 0.05) is 11.3 Å². The first-order valence-corrected chi connectivity index (χ1v) is 8.70. The van der Waals surface area contributed by atoms with Gasteiger partial charge in [-0.2, -0.15) is 0 Å². The highest BCUT2D eigenvalue weighted by molar-refractivity contribution is 7.90. The Balaban J connectivity index is 1.84. The number of anilines is 1. The van der Waals surface area contributed by atoms with Crippen LogP contribution in [-0.4, -0.2) is 21.2 Å². The molecule has 0 aromatic heterocycles. The molecule has 2 aromatic rings. The third kappa shape index (κ3) is 2.99. The summed E-state index contributed by atoms with van der Waals surface area (Å²) in [6.07, 6.45) is 1.04. The Morgan fingerprint density at radius 1 is 1.19 bits per heavy atom. The Morgan fingerprint density at radius 3 is 2.57 bits per heavy atom. The third-order valence-electron chi connectivity index (χ3n) is 3.37. The first-order valence-electron chi connectivity index (χ1n) is 6.43. The van der Waals surface area contributed by atoms with Crippen LogP contribution in [0.4, 0.5) is 5.69 Å². The number of benzene rings is 2. The second-order valence-electron chi connectivity index (χ2n) is 4.97. The molecule has 6 heteroatoms. The number of sulfone groups is 1. The van der Waals surface area contributed by atoms with Crippen molar-refractivity contribution in [2.45, 2.75) is 11.0 Å². The van der Waals surface area contributed by atoms with Gasteiger partial charge in [-0.05, 0) is 35.9 Å². The van der Waals surface area contributed by atoms with E-state index in [1.807, 2.05) is 12.1 Å². The molecule has 1 atom stereocenters. The standard InChI is InChI=1S/C15H14ClNO3S/c1-21(18,19)12-5-2-10(3-6-12)15-9-17-13-8-11(16)4-7-14(13)20-15/h2-8,15,17H,9H2,1H3. The van der Waals surface area contributed by atoms with Gasteiger partial charge in [-0.1, -0.05) is 23.7 Å². The van der Waals surface area contributed by atoms with E-state index >= 15 is 0 Å². The molecule has 0 bridgehead atoms. The maximum Gasteiger partial charge on any atom is 0.175 e. The predicted octanol–water partition coefficient (Wildman–Crippen LogP) is 3.29. The molecule has 0 spiro atoms. The lowest BCUT2D eigenvalue weighted by molar-refractivity contribution is 0.210. The van der Waals surface area contributed by atoms with Crippen molar-refractivity contribution in [2.75, 3.05) is 18.1 Å². The number of halogens is 1. The van der Waals surface area contributed by atoms with Crippen molar-refractivity contribution in [3.05, 3.63) is 53.1 Å². The maximum atomic E-state index is 11.5. The second kappa shape index (κ2) is 5.24. The molecule has 4 nitrogen and oxygen atoms in total. The highest BCUT2D eigenvalue weighted by Crippen LogP contribution is 2.35. The predicted molar refractivity (Wildman–Crippen MR) is 82.9 cm³/mol. The van der Waals surface area contributed by atoms with Gasteiger partial charge in [-0.25, -0.2) is 8.42 Å². The smallest absolute Gasteiger partial charge is 0.175 e. The summed E-state index contributed by atoms with van der Waals surface area (Å²) in [6, 6.07) is 12.2. The Kier molecular flexibility index (Phi) is 3.55. The van der Waals surface area contributed by atoms with E-state index in [1.54, 1.807) is 30.3 Å². The highest BCUT2D eigenvalue weighted by atomic mass is 35.5. The van der Waals surface area contributed by atoms with Crippen LogP contribution in [0.1, 0.15) is 11.7 Å². The Morgan fingerprint density at radius 2 is 1.90 bits per heavy atom. The molecule has 21 heavy (non-hydrogen) atoms. The molecule has 1 unspecified atom stereocenters. The van der Waals surface area contributed by atoms with E-state index in [-0.39, 0.29) is 6.10 Å². The zero-order valence-corrected chi connectivity index (χ0v) is 12.9. The fourth-order valence-corrected chi connectivity index (χ4v) is 3.06. The number of hydrogen-bond acceptors (Lipinski definition) is 4. The SMILES string of the molecule is CS(=O)(=O)c1ccc(C2CNc3cc(Cl)ccc3O2)cc1. The number of nitrogens with one attached hydrogen (secondary N) is 1. The topological polar surface area (TPSA) is 55.4 Å². The summed E-state index contributed by atoms with van der Waals surface area (Å²) >= 11 is 5.94. The number of fused-ring (bicyclic) bond motifs is 1. The minimum Gasteiger partial charge on any atom is -0.482 e. The lowest BCUT2D eigenvalue weighted by atomic mass is 10.1. The van der Waals surface area contributed by atoms with Crippen molar-refractivity contribution < 1.29 is 13.2 Å². The summed E-state index contributed by atoms with van der Waals surface area (Å²) in [5.74, 6) is 0.739. The third-order valence-corrected chi connectivity index (χ3v) is 4.73. The summed E-state index contributed by atoms with van der Waals surface area (Å²) in [5.41, 5.74) is 1.79. The first-order chi connectivity index (χ1) is 9.93. The van der Waals surface area contributed by atoms with E-state index < -0.39 is 9.84 Å². The van der Waals surface area contributed by atoms with Crippen LogP contribution in [0.2, 0.25) is 5.02 Å². The molecule has 1 heterocycles. The Labute approximate surface area is 128 Å². The maximum absolute atomic E-state index is 11.5. The fourth-order valence-electron chi connectivity index (χ4n) is 2.26. The average Bonchev–Trinajstić information content (AvgIpc) is 2.46. The van der Waals surface area contributed by atoms with Crippen LogP contribution in [0.25, 0.3) is 0 Å². The van der Waals surface area contributed by atoms with Gasteiger partial charge in [0.15, 0.2) is 9.84 Å². The van der Waals surface area contributed by atoms with Gasteiger partial charge in [0.1, 0.15) is 11.9 Å². The van der Waals surface area contributed by atoms with E-state index in [0.717, 1.165) is 17.0 Å². The normalized spacial score (nSPS) is 17.5. The monoisotopic (exact) mass is 323 g/mol. The minimum atomic E-state index is -3.17. The lowest BCUT2D eigenvalue weighted by Gasteiger charge is -2.27. The van der Waals surface area contributed by atoms with Gasteiger partial charge in [0.25, 0.3) is 0 Å². The molecule has 1 aliphatic rings. The average molecular weight is 324 g/mol. The van der Waals surface area contributed by atoms with Crippen molar-refractivity contribution in [1.82, 2.24) is 0 Å². The molecule has 1 aliphatic heterocycles. The van der Waals surface area contributed by atoms with Crippen molar-refractivity contribution in [2.24, 2.45) is 0 Å². The van der Waals surface area contributed by atoms with Gasteiger partial charge < -0.3 is 10.1 Å². The van der Waals surface area contributed by atoms with Crippen molar-refractivity contribution in [3.63, 3.8) is 0 Å². The molecule has 2 aromatic carbocycles. The molecule has 3 rings (SSSR count). The molecular weight excluding hydrogens is 310 g/mol. The van der Waals surface area contributed by atoms with Crippen molar-refractivity contribution >= 4 is 27.1 Å². The van der Waals surface area contributed by atoms with Gasteiger partial charge in [-0.15, -0.1) is 0 Å². The van der Waals surface area contributed by atoms with E-state index in [4.69, 9.17) is 16.3 Å². The molecule has 1 N–H and O–H groups in total. The van der Waals surface area contributed by atoms with Gasteiger partial charge in [-0.3, -0.25) is 0 Å². The lowest BCUT2D eigenvalue weighted by Crippen LogP contribution is -2.23. The molecule has 0 saturated carbocycles. The quantitative estimate of drug-likeness (QED) is 0.921. The van der Waals surface area contributed by atoms with Crippen LogP contribution in [0.3, 0.4) is 0 Å². The van der Waals surface area contributed by atoms with Crippen LogP contribution in [-0.2, 0) is 9.84 Å². The van der Waals surface area contributed by atoms with Gasteiger partial charge >= 0.3 is 0 Å². The first kappa shape index (κ1) is 14.2. The molecule has 0 fully saturated rings.